The van der Waals surface area contributed by atoms with Gasteiger partial charge in [-0.05, 0) is 31.5 Å². The Hall–Kier alpha value is -0.840. The van der Waals surface area contributed by atoms with Crippen LogP contribution in [-0.2, 0) is 13.6 Å². The van der Waals surface area contributed by atoms with Crippen LogP contribution in [0.25, 0.3) is 0 Å². The second-order valence-corrected chi connectivity index (χ2v) is 5.97. The average Bonchev–Trinajstić information content (AvgIpc) is 2.69. The standard InChI is InChI=1S/C14H17BrClN3/c1-9(13-8-18-19(3)10(13)2)17-7-11-4-5-12(15)6-14(11)16/h4-6,8-9,17H,7H2,1-3H3. The van der Waals surface area contributed by atoms with Crippen LogP contribution in [0.15, 0.2) is 28.9 Å². The normalized spacial score (nSPS) is 12.7. The van der Waals surface area contributed by atoms with E-state index >= 15 is 0 Å². The molecule has 0 bridgehead atoms. The maximum atomic E-state index is 6.21. The molecule has 0 saturated carbocycles. The van der Waals surface area contributed by atoms with Crippen LogP contribution in [0.3, 0.4) is 0 Å². The average molecular weight is 343 g/mol. The lowest BCUT2D eigenvalue weighted by Crippen LogP contribution is -2.18. The fourth-order valence-corrected chi connectivity index (χ4v) is 2.72. The predicted octanol–water partition coefficient (Wildman–Crippen LogP) is 4.00. The summed E-state index contributed by atoms with van der Waals surface area (Å²) in [6, 6.07) is 6.19. The molecular formula is C14H17BrClN3. The molecule has 0 fully saturated rings. The van der Waals surface area contributed by atoms with Crippen molar-refractivity contribution in [1.82, 2.24) is 15.1 Å². The van der Waals surface area contributed by atoms with E-state index in [1.807, 2.05) is 36.1 Å². The molecule has 0 radical (unpaired) electrons. The molecule has 1 heterocycles. The quantitative estimate of drug-likeness (QED) is 0.910. The summed E-state index contributed by atoms with van der Waals surface area (Å²) in [4.78, 5) is 0. The predicted molar refractivity (Wildman–Crippen MR) is 82.4 cm³/mol. The first kappa shape index (κ1) is 14.6. The molecule has 102 valence electrons. The molecule has 0 aliphatic rings. The maximum absolute atomic E-state index is 6.21. The van der Waals surface area contributed by atoms with Crippen LogP contribution in [0.4, 0.5) is 0 Å². The minimum Gasteiger partial charge on any atom is -0.306 e. The molecule has 0 spiro atoms. The number of benzene rings is 1. The van der Waals surface area contributed by atoms with E-state index in [1.165, 1.54) is 11.3 Å². The van der Waals surface area contributed by atoms with Crippen LogP contribution in [0, 0.1) is 6.92 Å². The van der Waals surface area contributed by atoms with Gasteiger partial charge in [0.25, 0.3) is 0 Å². The molecule has 1 atom stereocenters. The summed E-state index contributed by atoms with van der Waals surface area (Å²) in [5.41, 5.74) is 3.50. The Kier molecular flexibility index (Phi) is 4.66. The lowest BCUT2D eigenvalue weighted by atomic mass is 10.1. The molecule has 19 heavy (non-hydrogen) atoms. The third-order valence-corrected chi connectivity index (χ3v) is 4.20. The van der Waals surface area contributed by atoms with Gasteiger partial charge in [0.15, 0.2) is 0 Å². The highest BCUT2D eigenvalue weighted by Crippen LogP contribution is 2.22. The first-order chi connectivity index (χ1) is 8.99. The van der Waals surface area contributed by atoms with Crippen molar-refractivity contribution >= 4 is 27.5 Å². The number of halogens is 2. The zero-order valence-corrected chi connectivity index (χ0v) is 13.6. The highest BCUT2D eigenvalue weighted by Gasteiger charge is 2.12. The van der Waals surface area contributed by atoms with E-state index in [9.17, 15) is 0 Å². The van der Waals surface area contributed by atoms with Gasteiger partial charge in [0, 0.05) is 40.4 Å². The van der Waals surface area contributed by atoms with Crippen LogP contribution >= 0.6 is 27.5 Å². The number of aryl methyl sites for hydroxylation is 1. The highest BCUT2D eigenvalue weighted by molar-refractivity contribution is 9.10. The van der Waals surface area contributed by atoms with E-state index in [0.717, 1.165) is 21.6 Å². The Morgan fingerprint density at radius 2 is 2.21 bits per heavy atom. The van der Waals surface area contributed by atoms with Crippen molar-refractivity contribution in [3.63, 3.8) is 0 Å². The van der Waals surface area contributed by atoms with Gasteiger partial charge in [-0.25, -0.2) is 0 Å². The largest absolute Gasteiger partial charge is 0.306 e. The number of hydrogen-bond acceptors (Lipinski definition) is 2. The molecule has 1 N–H and O–H groups in total. The van der Waals surface area contributed by atoms with Crippen molar-refractivity contribution in [1.29, 1.82) is 0 Å². The van der Waals surface area contributed by atoms with Crippen LogP contribution in [0.1, 0.15) is 29.8 Å². The number of nitrogens with zero attached hydrogens (tertiary/aromatic N) is 2. The Morgan fingerprint density at radius 1 is 1.47 bits per heavy atom. The van der Waals surface area contributed by atoms with E-state index in [-0.39, 0.29) is 6.04 Å². The fourth-order valence-electron chi connectivity index (χ4n) is 1.98. The molecule has 0 saturated heterocycles. The van der Waals surface area contributed by atoms with Gasteiger partial charge in [-0.2, -0.15) is 5.10 Å². The lowest BCUT2D eigenvalue weighted by Gasteiger charge is -2.14. The number of aromatic nitrogens is 2. The molecule has 0 aliphatic carbocycles. The van der Waals surface area contributed by atoms with Crippen molar-refractivity contribution in [2.45, 2.75) is 26.4 Å². The second kappa shape index (κ2) is 6.07. The van der Waals surface area contributed by atoms with Gasteiger partial charge in [0.2, 0.25) is 0 Å². The zero-order valence-electron chi connectivity index (χ0n) is 11.2. The smallest absolute Gasteiger partial charge is 0.0540 e. The van der Waals surface area contributed by atoms with Gasteiger partial charge in [0.05, 0.1) is 6.20 Å². The molecule has 3 nitrogen and oxygen atoms in total. The maximum Gasteiger partial charge on any atom is 0.0540 e. The van der Waals surface area contributed by atoms with Crippen molar-refractivity contribution in [2.24, 2.45) is 7.05 Å². The van der Waals surface area contributed by atoms with Gasteiger partial charge in [0.1, 0.15) is 0 Å². The number of rotatable bonds is 4. The molecule has 5 heteroatoms. The van der Waals surface area contributed by atoms with E-state index in [1.54, 1.807) is 0 Å². The topological polar surface area (TPSA) is 29.9 Å². The molecule has 1 aromatic carbocycles. The van der Waals surface area contributed by atoms with Crippen molar-refractivity contribution in [3.05, 3.63) is 50.7 Å². The third kappa shape index (κ3) is 3.38. The van der Waals surface area contributed by atoms with Crippen LogP contribution in [-0.4, -0.2) is 9.78 Å². The summed E-state index contributed by atoms with van der Waals surface area (Å²) in [6.45, 7) is 4.95. The first-order valence-corrected chi connectivity index (χ1v) is 7.32. The summed E-state index contributed by atoms with van der Waals surface area (Å²) in [5.74, 6) is 0. The monoisotopic (exact) mass is 341 g/mol. The van der Waals surface area contributed by atoms with Crippen molar-refractivity contribution in [2.75, 3.05) is 0 Å². The Labute approximate surface area is 127 Å². The molecule has 2 rings (SSSR count). The lowest BCUT2D eigenvalue weighted by molar-refractivity contribution is 0.570. The number of nitrogens with one attached hydrogen (secondary N) is 1. The minimum atomic E-state index is 0.244. The Bertz CT molecular complexity index is 580. The van der Waals surface area contributed by atoms with Gasteiger partial charge in [-0.1, -0.05) is 33.6 Å². The Morgan fingerprint density at radius 3 is 2.79 bits per heavy atom. The van der Waals surface area contributed by atoms with Gasteiger partial charge in [-0.15, -0.1) is 0 Å². The second-order valence-electron chi connectivity index (χ2n) is 4.65. The van der Waals surface area contributed by atoms with Crippen LogP contribution < -0.4 is 5.32 Å². The van der Waals surface area contributed by atoms with Gasteiger partial charge in [-0.3, -0.25) is 4.68 Å². The molecule has 2 aromatic rings. The van der Waals surface area contributed by atoms with Crippen LogP contribution in [0.5, 0.6) is 0 Å². The summed E-state index contributed by atoms with van der Waals surface area (Å²) in [5, 5.41) is 8.52. The van der Waals surface area contributed by atoms with Crippen LogP contribution in [0.2, 0.25) is 5.02 Å². The zero-order chi connectivity index (χ0) is 14.0. The van der Waals surface area contributed by atoms with E-state index in [2.05, 4.69) is 40.2 Å². The minimum absolute atomic E-state index is 0.244. The first-order valence-electron chi connectivity index (χ1n) is 6.15. The molecule has 0 aliphatic heterocycles. The summed E-state index contributed by atoms with van der Waals surface area (Å²) >= 11 is 9.62. The molecule has 0 amide bonds. The van der Waals surface area contributed by atoms with Gasteiger partial charge >= 0.3 is 0 Å². The Balaban J connectivity index is 2.04. The summed E-state index contributed by atoms with van der Waals surface area (Å²) in [6.07, 6.45) is 1.91. The molecule has 1 unspecified atom stereocenters. The van der Waals surface area contributed by atoms with Crippen molar-refractivity contribution in [3.8, 4) is 0 Å². The van der Waals surface area contributed by atoms with Gasteiger partial charge < -0.3 is 5.32 Å². The van der Waals surface area contributed by atoms with Crippen molar-refractivity contribution < 1.29 is 0 Å². The molecule has 1 aromatic heterocycles. The highest BCUT2D eigenvalue weighted by atomic mass is 79.9. The van der Waals surface area contributed by atoms with E-state index < -0.39 is 0 Å². The van der Waals surface area contributed by atoms with E-state index in [4.69, 9.17) is 11.6 Å². The number of hydrogen-bond donors (Lipinski definition) is 1. The third-order valence-electron chi connectivity index (χ3n) is 3.35. The SMILES string of the molecule is Cc1c(C(C)NCc2ccc(Br)cc2Cl)cnn1C. The molecular weight excluding hydrogens is 326 g/mol. The van der Waals surface area contributed by atoms with E-state index in [0.29, 0.717) is 0 Å². The summed E-state index contributed by atoms with van der Waals surface area (Å²) in [7, 11) is 1.96. The fraction of sp³-hybridized carbons (Fsp3) is 0.357. The summed E-state index contributed by atoms with van der Waals surface area (Å²) < 4.78 is 2.89.